The van der Waals surface area contributed by atoms with Crippen LogP contribution >= 0.6 is 12.4 Å². The highest BCUT2D eigenvalue weighted by atomic mass is 35.5. The summed E-state index contributed by atoms with van der Waals surface area (Å²) in [7, 11) is 1.81. The summed E-state index contributed by atoms with van der Waals surface area (Å²) >= 11 is 0. The Morgan fingerprint density at radius 1 is 1.25 bits per heavy atom. The van der Waals surface area contributed by atoms with E-state index in [0.29, 0.717) is 45.6 Å². The van der Waals surface area contributed by atoms with E-state index in [1.165, 1.54) is 0 Å². The van der Waals surface area contributed by atoms with E-state index in [2.05, 4.69) is 5.32 Å². The summed E-state index contributed by atoms with van der Waals surface area (Å²) < 4.78 is 0. The molecule has 6 nitrogen and oxygen atoms in total. The lowest BCUT2D eigenvalue weighted by atomic mass is 9.96. The SMILES string of the molecule is CN(Cc1ccccc1)C(=O)N1CCC(C(=O)NCCN)CC1.Cl. The van der Waals surface area contributed by atoms with Crippen LogP contribution in [0.4, 0.5) is 4.79 Å². The number of hydrogen-bond acceptors (Lipinski definition) is 3. The number of hydrogen-bond donors (Lipinski definition) is 2. The third-order valence-electron chi connectivity index (χ3n) is 4.17. The predicted octanol–water partition coefficient (Wildman–Crippen LogP) is 1.45. The molecule has 0 bridgehead atoms. The lowest BCUT2D eigenvalue weighted by Crippen LogP contribution is -2.47. The molecule has 3 N–H and O–H groups in total. The summed E-state index contributed by atoms with van der Waals surface area (Å²) in [6.45, 7) is 2.80. The number of nitrogens with two attached hydrogens (primary N) is 1. The van der Waals surface area contributed by atoms with Gasteiger partial charge >= 0.3 is 6.03 Å². The second-order valence-electron chi connectivity index (χ2n) is 5.97. The van der Waals surface area contributed by atoms with Crippen molar-refractivity contribution in [2.75, 3.05) is 33.2 Å². The van der Waals surface area contributed by atoms with Crippen LogP contribution in [-0.2, 0) is 11.3 Å². The van der Waals surface area contributed by atoms with Crippen molar-refractivity contribution in [2.45, 2.75) is 19.4 Å². The molecule has 0 unspecified atom stereocenters. The normalized spacial score (nSPS) is 14.7. The number of rotatable bonds is 5. The number of piperidine rings is 1. The molecule has 0 saturated carbocycles. The number of nitrogens with one attached hydrogen (secondary N) is 1. The molecule has 0 radical (unpaired) electrons. The van der Waals surface area contributed by atoms with Gasteiger partial charge in [0.05, 0.1) is 0 Å². The Kier molecular flexibility index (Phi) is 8.57. The quantitative estimate of drug-likeness (QED) is 0.840. The van der Waals surface area contributed by atoms with Crippen molar-refractivity contribution in [3.8, 4) is 0 Å². The Labute approximate surface area is 149 Å². The molecule has 1 aromatic carbocycles. The monoisotopic (exact) mass is 354 g/mol. The van der Waals surface area contributed by atoms with E-state index in [1.54, 1.807) is 4.90 Å². The van der Waals surface area contributed by atoms with Gasteiger partial charge in [-0.15, -0.1) is 12.4 Å². The van der Waals surface area contributed by atoms with Crippen LogP contribution in [0.5, 0.6) is 0 Å². The molecular weight excluding hydrogens is 328 g/mol. The van der Waals surface area contributed by atoms with Gasteiger partial charge in [-0.05, 0) is 18.4 Å². The molecule has 0 atom stereocenters. The minimum Gasteiger partial charge on any atom is -0.355 e. The molecule has 134 valence electrons. The molecule has 24 heavy (non-hydrogen) atoms. The minimum atomic E-state index is -0.00923. The summed E-state index contributed by atoms with van der Waals surface area (Å²) in [5.41, 5.74) is 6.50. The number of likely N-dealkylation sites (tertiary alicyclic amines) is 1. The maximum absolute atomic E-state index is 12.5. The van der Waals surface area contributed by atoms with E-state index in [4.69, 9.17) is 5.73 Å². The summed E-state index contributed by atoms with van der Waals surface area (Å²) in [4.78, 5) is 28.0. The molecule has 1 aliphatic rings. The van der Waals surface area contributed by atoms with Crippen LogP contribution < -0.4 is 11.1 Å². The fourth-order valence-electron chi connectivity index (χ4n) is 2.84. The van der Waals surface area contributed by atoms with Crippen LogP contribution in [0.15, 0.2) is 30.3 Å². The van der Waals surface area contributed by atoms with Crippen molar-refractivity contribution in [1.82, 2.24) is 15.1 Å². The highest BCUT2D eigenvalue weighted by Crippen LogP contribution is 2.18. The maximum Gasteiger partial charge on any atom is 0.320 e. The maximum atomic E-state index is 12.5. The Morgan fingerprint density at radius 3 is 2.46 bits per heavy atom. The smallest absolute Gasteiger partial charge is 0.320 e. The van der Waals surface area contributed by atoms with Gasteiger partial charge in [-0.25, -0.2) is 4.79 Å². The lowest BCUT2D eigenvalue weighted by Gasteiger charge is -2.34. The molecular formula is C17H27ClN4O2. The van der Waals surface area contributed by atoms with Gasteiger partial charge in [-0.2, -0.15) is 0 Å². The average molecular weight is 355 g/mol. The third-order valence-corrected chi connectivity index (χ3v) is 4.17. The number of halogens is 1. The number of benzene rings is 1. The summed E-state index contributed by atoms with van der Waals surface area (Å²) in [5.74, 6) is 0.0465. The van der Waals surface area contributed by atoms with Crippen molar-refractivity contribution < 1.29 is 9.59 Å². The highest BCUT2D eigenvalue weighted by Gasteiger charge is 2.28. The zero-order valence-electron chi connectivity index (χ0n) is 14.1. The van der Waals surface area contributed by atoms with Gasteiger partial charge in [0.1, 0.15) is 0 Å². The zero-order chi connectivity index (χ0) is 16.7. The van der Waals surface area contributed by atoms with Gasteiger partial charge in [0.2, 0.25) is 5.91 Å². The van der Waals surface area contributed by atoms with Gasteiger partial charge in [0.25, 0.3) is 0 Å². The second kappa shape index (κ2) is 10.2. The Balaban J connectivity index is 0.00000288. The van der Waals surface area contributed by atoms with Crippen LogP contribution in [0.3, 0.4) is 0 Å². The number of urea groups is 1. The fourth-order valence-corrected chi connectivity index (χ4v) is 2.84. The fraction of sp³-hybridized carbons (Fsp3) is 0.529. The van der Waals surface area contributed by atoms with Crippen molar-refractivity contribution in [3.05, 3.63) is 35.9 Å². The standard InChI is InChI=1S/C17H26N4O2.ClH/c1-20(13-14-5-3-2-4-6-14)17(23)21-11-7-15(8-12-21)16(22)19-10-9-18;/h2-6,15H,7-13,18H2,1H3,(H,19,22);1H. The Bertz CT molecular complexity index is 519. The van der Waals surface area contributed by atoms with Gasteiger partial charge in [0.15, 0.2) is 0 Å². The highest BCUT2D eigenvalue weighted by molar-refractivity contribution is 5.85. The van der Waals surface area contributed by atoms with Crippen molar-refractivity contribution >= 4 is 24.3 Å². The van der Waals surface area contributed by atoms with Crippen molar-refractivity contribution in [1.29, 1.82) is 0 Å². The van der Waals surface area contributed by atoms with Crippen LogP contribution in [-0.4, -0.2) is 55.0 Å². The van der Waals surface area contributed by atoms with Crippen LogP contribution in [0, 0.1) is 5.92 Å². The number of nitrogens with zero attached hydrogens (tertiary/aromatic N) is 2. The van der Waals surface area contributed by atoms with E-state index < -0.39 is 0 Å². The molecule has 2 rings (SSSR count). The van der Waals surface area contributed by atoms with Crippen molar-refractivity contribution in [3.63, 3.8) is 0 Å². The van der Waals surface area contributed by atoms with E-state index in [0.717, 1.165) is 5.56 Å². The molecule has 1 aromatic rings. The topological polar surface area (TPSA) is 78.7 Å². The average Bonchev–Trinajstić information content (AvgIpc) is 2.60. The molecule has 1 aliphatic heterocycles. The molecule has 1 fully saturated rings. The van der Waals surface area contributed by atoms with Gasteiger partial charge in [-0.3, -0.25) is 4.79 Å². The first-order valence-corrected chi connectivity index (χ1v) is 8.13. The summed E-state index contributed by atoms with van der Waals surface area (Å²) in [5, 5.41) is 2.82. The largest absolute Gasteiger partial charge is 0.355 e. The van der Waals surface area contributed by atoms with Gasteiger partial charge in [0, 0.05) is 45.7 Å². The first-order valence-electron chi connectivity index (χ1n) is 8.13. The number of carbonyl (C=O) groups excluding carboxylic acids is 2. The van der Waals surface area contributed by atoms with E-state index >= 15 is 0 Å². The van der Waals surface area contributed by atoms with E-state index in [1.807, 2.05) is 42.3 Å². The van der Waals surface area contributed by atoms with Gasteiger partial charge < -0.3 is 20.9 Å². The third kappa shape index (κ3) is 5.69. The number of amides is 3. The van der Waals surface area contributed by atoms with Crippen molar-refractivity contribution in [2.24, 2.45) is 11.7 Å². The lowest BCUT2D eigenvalue weighted by molar-refractivity contribution is -0.126. The molecule has 0 aliphatic carbocycles. The second-order valence-corrected chi connectivity index (χ2v) is 5.97. The Hall–Kier alpha value is -1.79. The van der Waals surface area contributed by atoms with Crippen LogP contribution in [0.2, 0.25) is 0 Å². The van der Waals surface area contributed by atoms with Gasteiger partial charge in [-0.1, -0.05) is 30.3 Å². The van der Waals surface area contributed by atoms with Crippen LogP contribution in [0.25, 0.3) is 0 Å². The first-order chi connectivity index (χ1) is 11.1. The predicted molar refractivity (Wildman–Crippen MR) is 96.9 cm³/mol. The summed E-state index contributed by atoms with van der Waals surface area (Å²) in [6, 6.07) is 9.95. The molecule has 0 aromatic heterocycles. The Morgan fingerprint density at radius 2 is 1.88 bits per heavy atom. The first kappa shape index (κ1) is 20.3. The molecule has 3 amide bonds. The summed E-state index contributed by atoms with van der Waals surface area (Å²) in [6.07, 6.45) is 1.42. The molecule has 1 heterocycles. The molecule has 1 saturated heterocycles. The van der Waals surface area contributed by atoms with Crippen LogP contribution in [0.1, 0.15) is 18.4 Å². The van der Waals surface area contributed by atoms with E-state index in [-0.39, 0.29) is 30.3 Å². The zero-order valence-corrected chi connectivity index (χ0v) is 14.9. The molecule has 0 spiro atoms. The minimum absolute atomic E-state index is 0. The number of carbonyl (C=O) groups is 2. The van der Waals surface area contributed by atoms with E-state index in [9.17, 15) is 9.59 Å². The molecule has 7 heteroatoms.